The molecule has 0 radical (unpaired) electrons. The van der Waals surface area contributed by atoms with E-state index in [9.17, 15) is 4.79 Å². The number of ether oxygens (including phenoxy) is 1. The molecule has 166 valence electrons. The van der Waals surface area contributed by atoms with E-state index in [2.05, 4.69) is 35.5 Å². The molecule has 1 aliphatic heterocycles. The maximum Gasteiger partial charge on any atom is 0.253 e. The molecule has 6 nitrogen and oxygen atoms in total. The summed E-state index contributed by atoms with van der Waals surface area (Å²) in [5.74, 6) is 1.73. The van der Waals surface area contributed by atoms with Gasteiger partial charge in [0, 0.05) is 44.2 Å². The molecule has 0 bridgehead atoms. The fraction of sp³-hybridized carbons (Fsp3) is 0.440. The zero-order chi connectivity index (χ0) is 22.4. The summed E-state index contributed by atoms with van der Waals surface area (Å²) in [7, 11) is 1.78. The SMILES string of the molecule is CCN(CC)C(=O)c1ccc(CNC(=NC)NC2CC(C)(C)Oc3ccccc32)cc1. The van der Waals surface area contributed by atoms with Gasteiger partial charge in [0.15, 0.2) is 5.96 Å². The van der Waals surface area contributed by atoms with E-state index >= 15 is 0 Å². The number of nitrogens with zero attached hydrogens (tertiary/aromatic N) is 2. The summed E-state index contributed by atoms with van der Waals surface area (Å²) in [6.07, 6.45) is 0.840. The third-order valence-corrected chi connectivity index (χ3v) is 5.62. The van der Waals surface area contributed by atoms with Crippen molar-refractivity contribution in [2.24, 2.45) is 4.99 Å². The van der Waals surface area contributed by atoms with Crippen molar-refractivity contribution < 1.29 is 9.53 Å². The van der Waals surface area contributed by atoms with E-state index in [4.69, 9.17) is 4.74 Å². The molecule has 1 aliphatic rings. The van der Waals surface area contributed by atoms with Crippen molar-refractivity contribution in [3.8, 4) is 5.75 Å². The number of fused-ring (bicyclic) bond motifs is 1. The Kier molecular flexibility index (Phi) is 7.21. The molecule has 2 aromatic rings. The van der Waals surface area contributed by atoms with Gasteiger partial charge in [0.1, 0.15) is 11.4 Å². The Bertz CT molecular complexity index is 917. The Morgan fingerprint density at radius 3 is 2.45 bits per heavy atom. The Morgan fingerprint density at radius 1 is 1.13 bits per heavy atom. The highest BCUT2D eigenvalue weighted by Gasteiger charge is 2.33. The van der Waals surface area contributed by atoms with Gasteiger partial charge in [-0.1, -0.05) is 30.3 Å². The van der Waals surface area contributed by atoms with E-state index in [1.807, 2.05) is 61.2 Å². The third-order valence-electron chi connectivity index (χ3n) is 5.62. The summed E-state index contributed by atoms with van der Waals surface area (Å²) < 4.78 is 6.13. The smallest absolute Gasteiger partial charge is 0.253 e. The number of carbonyl (C=O) groups excluding carboxylic acids is 1. The van der Waals surface area contributed by atoms with Crippen molar-refractivity contribution in [3.63, 3.8) is 0 Å². The summed E-state index contributed by atoms with van der Waals surface area (Å²) in [6.45, 7) is 10.3. The summed E-state index contributed by atoms with van der Waals surface area (Å²) in [6, 6.07) is 16.0. The zero-order valence-corrected chi connectivity index (χ0v) is 19.2. The van der Waals surface area contributed by atoms with Crippen LogP contribution in [0.15, 0.2) is 53.5 Å². The molecule has 6 heteroatoms. The minimum absolute atomic E-state index is 0.0720. The van der Waals surface area contributed by atoms with Crippen LogP contribution in [0.3, 0.4) is 0 Å². The van der Waals surface area contributed by atoms with Gasteiger partial charge in [-0.3, -0.25) is 9.79 Å². The number of carbonyl (C=O) groups is 1. The molecule has 1 heterocycles. The fourth-order valence-corrected chi connectivity index (χ4v) is 3.94. The fourth-order valence-electron chi connectivity index (χ4n) is 3.94. The molecule has 0 fully saturated rings. The number of nitrogens with one attached hydrogen (secondary N) is 2. The minimum Gasteiger partial charge on any atom is -0.487 e. The first-order valence-electron chi connectivity index (χ1n) is 11.0. The number of para-hydroxylation sites is 1. The lowest BCUT2D eigenvalue weighted by Crippen LogP contribution is -2.45. The molecule has 1 unspecified atom stereocenters. The van der Waals surface area contributed by atoms with E-state index < -0.39 is 0 Å². The minimum atomic E-state index is -0.252. The van der Waals surface area contributed by atoms with Crippen LogP contribution in [0, 0.1) is 0 Å². The molecular formula is C25H34N4O2. The van der Waals surface area contributed by atoms with Crippen LogP contribution in [-0.2, 0) is 6.54 Å². The second-order valence-electron chi connectivity index (χ2n) is 8.40. The molecular weight excluding hydrogens is 388 g/mol. The first kappa shape index (κ1) is 22.7. The number of rotatable bonds is 6. The highest BCUT2D eigenvalue weighted by Crippen LogP contribution is 2.39. The van der Waals surface area contributed by atoms with Gasteiger partial charge in [-0.25, -0.2) is 0 Å². The number of aliphatic imine (C=N–C) groups is 1. The lowest BCUT2D eigenvalue weighted by molar-refractivity contribution is 0.0693. The highest BCUT2D eigenvalue weighted by molar-refractivity contribution is 5.94. The van der Waals surface area contributed by atoms with Crippen molar-refractivity contribution in [2.75, 3.05) is 20.1 Å². The Labute approximate surface area is 185 Å². The quantitative estimate of drug-likeness (QED) is 0.543. The van der Waals surface area contributed by atoms with Crippen LogP contribution in [0.4, 0.5) is 0 Å². The molecule has 0 saturated heterocycles. The largest absolute Gasteiger partial charge is 0.487 e. The van der Waals surface area contributed by atoms with Gasteiger partial charge in [-0.15, -0.1) is 0 Å². The molecule has 1 atom stereocenters. The van der Waals surface area contributed by atoms with Crippen LogP contribution < -0.4 is 15.4 Å². The van der Waals surface area contributed by atoms with Gasteiger partial charge < -0.3 is 20.3 Å². The first-order valence-corrected chi connectivity index (χ1v) is 11.0. The van der Waals surface area contributed by atoms with Crippen LogP contribution in [0.1, 0.15) is 61.6 Å². The molecule has 0 aromatic heterocycles. The van der Waals surface area contributed by atoms with Crippen molar-refractivity contribution in [2.45, 2.75) is 52.3 Å². The average Bonchev–Trinajstić information content (AvgIpc) is 2.76. The molecule has 31 heavy (non-hydrogen) atoms. The number of amides is 1. The van der Waals surface area contributed by atoms with Gasteiger partial charge >= 0.3 is 0 Å². The number of hydrogen-bond donors (Lipinski definition) is 2. The van der Waals surface area contributed by atoms with Gasteiger partial charge in [-0.2, -0.15) is 0 Å². The average molecular weight is 423 g/mol. The third kappa shape index (κ3) is 5.57. The van der Waals surface area contributed by atoms with E-state index in [-0.39, 0.29) is 17.6 Å². The van der Waals surface area contributed by atoms with E-state index in [0.717, 1.165) is 34.8 Å². The van der Waals surface area contributed by atoms with Gasteiger partial charge in [0.05, 0.1) is 6.04 Å². The topological polar surface area (TPSA) is 66.0 Å². The Balaban J connectivity index is 1.63. The molecule has 0 aliphatic carbocycles. The van der Waals surface area contributed by atoms with E-state index in [1.165, 1.54) is 0 Å². The number of benzene rings is 2. The summed E-state index contributed by atoms with van der Waals surface area (Å²) >= 11 is 0. The summed E-state index contributed by atoms with van der Waals surface area (Å²) in [5, 5.41) is 6.93. The molecule has 0 saturated carbocycles. The van der Waals surface area contributed by atoms with Crippen LogP contribution in [0.5, 0.6) is 5.75 Å². The molecule has 3 rings (SSSR count). The monoisotopic (exact) mass is 422 g/mol. The van der Waals surface area contributed by atoms with E-state index in [0.29, 0.717) is 19.6 Å². The standard InChI is InChI=1S/C25H34N4O2/c1-6-29(7-2)23(30)19-14-12-18(13-15-19)17-27-24(26-5)28-21-16-25(3,4)31-22-11-9-8-10-20(21)22/h8-15,21H,6-7,16-17H2,1-5H3,(H2,26,27,28). The zero-order valence-electron chi connectivity index (χ0n) is 19.2. The second kappa shape index (κ2) is 9.86. The van der Waals surface area contributed by atoms with Crippen LogP contribution >= 0.6 is 0 Å². The number of guanidine groups is 1. The summed E-state index contributed by atoms with van der Waals surface area (Å²) in [4.78, 5) is 18.7. The van der Waals surface area contributed by atoms with Gasteiger partial charge in [-0.05, 0) is 51.5 Å². The molecule has 2 aromatic carbocycles. The Hall–Kier alpha value is -3.02. The second-order valence-corrected chi connectivity index (χ2v) is 8.40. The maximum absolute atomic E-state index is 12.5. The van der Waals surface area contributed by atoms with Crippen molar-refractivity contribution in [1.82, 2.24) is 15.5 Å². The lowest BCUT2D eigenvalue weighted by atomic mass is 9.90. The summed E-state index contributed by atoms with van der Waals surface area (Å²) in [5.41, 5.74) is 2.70. The lowest BCUT2D eigenvalue weighted by Gasteiger charge is -2.38. The van der Waals surface area contributed by atoms with Crippen molar-refractivity contribution in [3.05, 3.63) is 65.2 Å². The van der Waals surface area contributed by atoms with Crippen molar-refractivity contribution in [1.29, 1.82) is 0 Å². The van der Waals surface area contributed by atoms with Gasteiger partial charge in [0.25, 0.3) is 5.91 Å². The van der Waals surface area contributed by atoms with Crippen molar-refractivity contribution >= 4 is 11.9 Å². The molecule has 0 spiro atoms. The van der Waals surface area contributed by atoms with Gasteiger partial charge in [0.2, 0.25) is 0 Å². The normalized spacial score (nSPS) is 17.3. The van der Waals surface area contributed by atoms with Crippen LogP contribution in [0.2, 0.25) is 0 Å². The first-order chi connectivity index (χ1) is 14.9. The van der Waals surface area contributed by atoms with E-state index in [1.54, 1.807) is 7.05 Å². The predicted molar refractivity (Wildman–Crippen MR) is 126 cm³/mol. The highest BCUT2D eigenvalue weighted by atomic mass is 16.5. The van der Waals surface area contributed by atoms with Crippen LogP contribution in [-0.4, -0.2) is 42.5 Å². The number of hydrogen-bond acceptors (Lipinski definition) is 3. The predicted octanol–water partition coefficient (Wildman–Crippen LogP) is 4.14. The molecule has 1 amide bonds. The maximum atomic E-state index is 12.5. The molecule has 2 N–H and O–H groups in total. The van der Waals surface area contributed by atoms with Crippen LogP contribution in [0.25, 0.3) is 0 Å². The Morgan fingerprint density at radius 2 is 1.81 bits per heavy atom.